The molecule has 18 nitrogen and oxygen atoms in total. The van der Waals surface area contributed by atoms with Crippen molar-refractivity contribution in [1.82, 2.24) is 0 Å². The lowest BCUT2D eigenvalue weighted by molar-refractivity contribution is -0.115. The Morgan fingerprint density at radius 3 is 1.42 bits per heavy atom. The van der Waals surface area contributed by atoms with E-state index in [4.69, 9.17) is 13.9 Å². The van der Waals surface area contributed by atoms with Crippen LogP contribution in [0.2, 0.25) is 0 Å². The molecule has 0 unspecified atom stereocenters. The normalized spacial score (nSPS) is 11.7. The minimum Gasteiger partial charge on any atom is -0.507 e. The number of carbonyl (C=O) groups is 2. The van der Waals surface area contributed by atoms with Gasteiger partial charge in [-0.2, -0.15) is 10.2 Å². The summed E-state index contributed by atoms with van der Waals surface area (Å²) in [6.07, 6.45) is 0. The summed E-state index contributed by atoms with van der Waals surface area (Å²) >= 11 is 0. The average molecular weight is 945 g/mol. The van der Waals surface area contributed by atoms with Crippen molar-refractivity contribution in [2.24, 2.45) is 40.9 Å². The first-order chi connectivity index (χ1) is 34.4. The number of nitrogens with one attached hydrogen (secondary N) is 2. The molecule has 0 atom stereocenters. The second kappa shape index (κ2) is 20.1. The number of phenolic OH excluding ortho intramolecular Hbond substituents is 2. The Morgan fingerprint density at radius 1 is 0.479 bits per heavy atom. The molecular formula is C53H40N10O8. The van der Waals surface area contributed by atoms with Gasteiger partial charge in [-0.1, -0.05) is 60.7 Å². The third kappa shape index (κ3) is 10.2. The van der Waals surface area contributed by atoms with Crippen LogP contribution in [0.4, 0.5) is 56.9 Å². The molecule has 0 aliphatic rings. The molecule has 18 heteroatoms. The van der Waals surface area contributed by atoms with Crippen LogP contribution in [0.25, 0.3) is 43.6 Å². The van der Waals surface area contributed by atoms with Crippen molar-refractivity contribution in [3.63, 3.8) is 0 Å². The second-order valence-corrected chi connectivity index (χ2v) is 15.8. The van der Waals surface area contributed by atoms with Gasteiger partial charge < -0.3 is 34.7 Å². The van der Waals surface area contributed by atoms with Gasteiger partial charge in [0.1, 0.15) is 51.3 Å². The molecule has 4 N–H and O–H groups in total. The van der Waals surface area contributed by atoms with Crippen LogP contribution in [0.5, 0.6) is 23.0 Å². The first-order valence-electron chi connectivity index (χ1n) is 21.7. The summed E-state index contributed by atoms with van der Waals surface area (Å²) in [7, 11) is 2.94. The van der Waals surface area contributed by atoms with Gasteiger partial charge in [0, 0.05) is 59.0 Å². The van der Waals surface area contributed by atoms with E-state index in [1.54, 1.807) is 109 Å². The number of anilines is 2. The zero-order valence-electron chi connectivity index (χ0n) is 38.3. The van der Waals surface area contributed by atoms with Crippen molar-refractivity contribution < 1.29 is 33.7 Å². The van der Waals surface area contributed by atoms with E-state index in [0.717, 1.165) is 0 Å². The molecule has 350 valence electrons. The van der Waals surface area contributed by atoms with E-state index >= 15 is 0 Å². The minimum absolute atomic E-state index is 0.120. The van der Waals surface area contributed by atoms with Gasteiger partial charge in [0.15, 0.2) is 0 Å². The van der Waals surface area contributed by atoms with E-state index < -0.39 is 5.63 Å². The predicted molar refractivity (Wildman–Crippen MR) is 270 cm³/mol. The van der Waals surface area contributed by atoms with Gasteiger partial charge >= 0.3 is 5.63 Å². The molecule has 8 aromatic carbocycles. The van der Waals surface area contributed by atoms with E-state index in [2.05, 4.69) is 51.5 Å². The quantitative estimate of drug-likeness (QED) is 0.0638. The summed E-state index contributed by atoms with van der Waals surface area (Å²) < 4.78 is 17.0. The number of methoxy groups -OCH3 is 2. The highest BCUT2D eigenvalue weighted by molar-refractivity contribution is 5.98. The van der Waals surface area contributed by atoms with Crippen molar-refractivity contribution >= 4 is 101 Å². The molecule has 0 spiro atoms. The maximum absolute atomic E-state index is 13.4. The molecule has 0 radical (unpaired) electrons. The number of benzene rings is 8. The zero-order chi connectivity index (χ0) is 49.6. The fourth-order valence-electron chi connectivity index (χ4n) is 7.56. The Balaban J connectivity index is 0.934. The van der Waals surface area contributed by atoms with E-state index in [9.17, 15) is 24.6 Å². The topological polar surface area (TPSA) is 246 Å². The monoisotopic (exact) mass is 944 g/mol. The molecule has 0 aliphatic heterocycles. The first-order valence-corrected chi connectivity index (χ1v) is 21.7. The Labute approximate surface area is 403 Å². The van der Waals surface area contributed by atoms with Crippen LogP contribution in [0.1, 0.15) is 13.8 Å². The number of carbonyl (C=O) groups excluding carboxylic acids is 2. The fraction of sp³-hybridized carbons (Fsp3) is 0.0755. The van der Waals surface area contributed by atoms with Gasteiger partial charge in [0.2, 0.25) is 11.8 Å². The van der Waals surface area contributed by atoms with Crippen molar-refractivity contribution in [3.05, 3.63) is 156 Å². The predicted octanol–water partition coefficient (Wildman–Crippen LogP) is 14.8. The third-order valence-corrected chi connectivity index (χ3v) is 10.9. The van der Waals surface area contributed by atoms with Crippen molar-refractivity contribution in [1.29, 1.82) is 0 Å². The average Bonchev–Trinajstić information content (AvgIpc) is 3.37. The van der Waals surface area contributed by atoms with Crippen LogP contribution in [0.15, 0.2) is 196 Å². The van der Waals surface area contributed by atoms with Gasteiger partial charge in [0.05, 0.1) is 53.9 Å². The molecule has 1 aromatic heterocycles. The van der Waals surface area contributed by atoms with E-state index in [-0.39, 0.29) is 40.3 Å². The lowest BCUT2D eigenvalue weighted by Crippen LogP contribution is -2.06. The number of rotatable bonds is 13. The Kier molecular flexibility index (Phi) is 13.1. The summed E-state index contributed by atoms with van der Waals surface area (Å²) in [6.45, 7) is 2.73. The maximum Gasteiger partial charge on any atom is 0.344 e. The molecule has 2 amide bonds. The van der Waals surface area contributed by atoms with E-state index in [1.807, 2.05) is 36.4 Å². The van der Waals surface area contributed by atoms with Crippen molar-refractivity contribution in [3.8, 4) is 34.1 Å². The van der Waals surface area contributed by atoms with E-state index in [1.165, 1.54) is 28.1 Å². The second-order valence-electron chi connectivity index (χ2n) is 15.8. The molecule has 71 heavy (non-hydrogen) atoms. The molecule has 0 saturated heterocycles. The minimum atomic E-state index is -0.591. The summed E-state index contributed by atoms with van der Waals surface area (Å²) in [4.78, 5) is 37.9. The molecule has 9 rings (SSSR count). The van der Waals surface area contributed by atoms with Gasteiger partial charge in [0.25, 0.3) is 0 Å². The lowest BCUT2D eigenvalue weighted by atomic mass is 10.1. The van der Waals surface area contributed by atoms with Gasteiger partial charge in [-0.3, -0.25) is 9.59 Å². The summed E-state index contributed by atoms with van der Waals surface area (Å²) in [5, 5.41) is 64.6. The summed E-state index contributed by atoms with van der Waals surface area (Å²) in [6, 6.07) is 40.7. The maximum atomic E-state index is 13.4. The zero-order valence-corrected chi connectivity index (χ0v) is 38.3. The SMILES string of the molecule is COc1cc(N=Nc2ccc(-c3cc4ccc(N=Nc5cc(OC)c(N=Nc6ccc(O)c7ccccc67)cc5NC(C)=O)cc4oc3=O)cc2)c(NC(C)=O)cc1N=Nc1ccc(O)c2ccccc12. The third-order valence-electron chi connectivity index (χ3n) is 10.9. The molecule has 9 aromatic rings. The molecular weight excluding hydrogens is 905 g/mol. The highest BCUT2D eigenvalue weighted by atomic mass is 16.5. The Morgan fingerprint density at radius 2 is 0.930 bits per heavy atom. The number of nitrogens with zero attached hydrogens (tertiary/aromatic N) is 8. The van der Waals surface area contributed by atoms with Crippen LogP contribution in [-0.2, 0) is 9.59 Å². The molecule has 1 heterocycles. The van der Waals surface area contributed by atoms with Crippen LogP contribution in [0.3, 0.4) is 0 Å². The number of phenols is 2. The van der Waals surface area contributed by atoms with Gasteiger partial charge in [-0.25, -0.2) is 4.79 Å². The number of ether oxygens (including phenoxy) is 2. The number of fused-ring (bicyclic) bond motifs is 3. The standard InChI is InChI=1S/C53H40N10O8/c1-29(64)54-42-25-46(62-58-40-19-21-48(66)37-11-7-5-9-35(37)40)51(69-3)27-44(42)60-56-33-16-13-31(14-17-33)39-23-32-15-18-34(24-50(32)71-53(39)68)57-61-45-28-52(70-4)47(26-43(45)55-30(2)65)63-59-41-20-22-49(67)38-12-8-6-10-36(38)41/h5-28,66-67H,1-4H3,(H,54,64)(H,55,65). The van der Waals surface area contributed by atoms with Gasteiger partial charge in [-0.05, 0) is 72.3 Å². The molecule has 0 saturated carbocycles. The smallest absolute Gasteiger partial charge is 0.344 e. The lowest BCUT2D eigenvalue weighted by Gasteiger charge is -2.11. The van der Waals surface area contributed by atoms with Crippen molar-refractivity contribution in [2.45, 2.75) is 13.8 Å². The molecule has 0 aliphatic carbocycles. The number of azo groups is 4. The van der Waals surface area contributed by atoms with Crippen LogP contribution < -0.4 is 25.7 Å². The highest BCUT2D eigenvalue weighted by Crippen LogP contribution is 2.43. The molecule has 0 fully saturated rings. The van der Waals surface area contributed by atoms with E-state index in [0.29, 0.717) is 95.1 Å². The van der Waals surface area contributed by atoms with Crippen LogP contribution in [0, 0.1) is 0 Å². The van der Waals surface area contributed by atoms with Gasteiger partial charge in [-0.15, -0.1) is 30.7 Å². The Bertz CT molecular complexity index is 3760. The largest absolute Gasteiger partial charge is 0.507 e. The number of hydrogen-bond donors (Lipinski definition) is 4. The number of hydrogen-bond acceptors (Lipinski definition) is 16. The molecule has 0 bridgehead atoms. The summed E-state index contributed by atoms with van der Waals surface area (Å²) in [5.74, 6) is 0.159. The fourth-order valence-corrected chi connectivity index (χ4v) is 7.56. The van der Waals surface area contributed by atoms with Crippen LogP contribution in [-0.4, -0.2) is 36.2 Å². The Hall–Kier alpha value is -9.97. The number of amides is 2. The highest BCUT2D eigenvalue weighted by Gasteiger charge is 2.16. The first kappa shape index (κ1) is 46.2. The number of aromatic hydroxyl groups is 2. The van der Waals surface area contributed by atoms with Crippen molar-refractivity contribution in [2.75, 3.05) is 24.9 Å². The summed E-state index contributed by atoms with van der Waals surface area (Å²) in [5.41, 5.74) is 4.17. The van der Waals surface area contributed by atoms with Crippen LogP contribution >= 0.6 is 0 Å².